The first kappa shape index (κ1) is 25.8. The molecular weight excluding hydrogens is 518 g/mol. The van der Waals surface area contributed by atoms with Gasteiger partial charge in [-0.15, -0.1) is 0 Å². The van der Waals surface area contributed by atoms with Gasteiger partial charge in [0.1, 0.15) is 0 Å². The summed E-state index contributed by atoms with van der Waals surface area (Å²) in [5, 5.41) is 0. The number of hydrogen-bond donors (Lipinski definition) is 0. The largest absolute Gasteiger partial charge is 0.310 e. The molecule has 0 unspecified atom stereocenters. The molecule has 6 aromatic carbocycles. The van der Waals surface area contributed by atoms with Gasteiger partial charge < -0.3 is 4.90 Å². The molecule has 2 aliphatic rings. The summed E-state index contributed by atoms with van der Waals surface area (Å²) in [6, 6.07) is 51.5. The average Bonchev–Trinajstić information content (AvgIpc) is 3.29. The molecule has 43 heavy (non-hydrogen) atoms. The van der Waals surface area contributed by atoms with E-state index in [1.165, 1.54) is 72.7 Å². The summed E-state index contributed by atoms with van der Waals surface area (Å²) < 4.78 is 0. The maximum Gasteiger partial charge on any atom is 0.0508 e. The number of nitrogens with zero attached hydrogens (tertiary/aromatic N) is 1. The van der Waals surface area contributed by atoms with Crippen molar-refractivity contribution in [1.29, 1.82) is 0 Å². The van der Waals surface area contributed by atoms with Gasteiger partial charge in [0.25, 0.3) is 0 Å². The van der Waals surface area contributed by atoms with Crippen LogP contribution in [0.1, 0.15) is 49.9 Å². The van der Waals surface area contributed by atoms with E-state index in [0.717, 1.165) is 0 Å². The van der Waals surface area contributed by atoms with E-state index in [4.69, 9.17) is 0 Å². The molecule has 0 atom stereocenters. The standard InChI is InChI=1S/C42H35N/c1-41(2)35-26-30(28-14-7-5-8-15-28)22-24-37(35)43(38-25-23-31(27-36(38)41)29-16-9-6-10-17-29)39-21-13-19-33-32-18-11-12-20-34(32)42(3,4)40(33)39/h5-27H,1-4H3. The summed E-state index contributed by atoms with van der Waals surface area (Å²) in [6.07, 6.45) is 0. The molecule has 208 valence electrons. The van der Waals surface area contributed by atoms with Crippen molar-refractivity contribution in [2.24, 2.45) is 0 Å². The molecule has 1 nitrogen and oxygen atoms in total. The van der Waals surface area contributed by atoms with Crippen LogP contribution in [0.25, 0.3) is 33.4 Å². The highest BCUT2D eigenvalue weighted by molar-refractivity contribution is 5.94. The minimum Gasteiger partial charge on any atom is -0.310 e. The fraction of sp³-hybridized carbons (Fsp3) is 0.143. The van der Waals surface area contributed by atoms with Crippen LogP contribution in [0.3, 0.4) is 0 Å². The number of hydrogen-bond acceptors (Lipinski definition) is 1. The van der Waals surface area contributed by atoms with Crippen molar-refractivity contribution in [2.75, 3.05) is 4.90 Å². The van der Waals surface area contributed by atoms with Crippen LogP contribution in [0.5, 0.6) is 0 Å². The van der Waals surface area contributed by atoms with Crippen molar-refractivity contribution in [1.82, 2.24) is 0 Å². The molecule has 1 aliphatic carbocycles. The summed E-state index contributed by atoms with van der Waals surface area (Å²) in [4.78, 5) is 2.55. The Labute approximate surface area is 255 Å². The Hall–Kier alpha value is -4.88. The van der Waals surface area contributed by atoms with E-state index in [0.29, 0.717) is 0 Å². The van der Waals surface area contributed by atoms with Crippen LogP contribution in [-0.2, 0) is 10.8 Å². The zero-order chi connectivity index (χ0) is 29.3. The Balaban J connectivity index is 1.41. The van der Waals surface area contributed by atoms with Gasteiger partial charge in [-0.1, -0.05) is 137 Å². The fourth-order valence-corrected chi connectivity index (χ4v) is 7.62. The van der Waals surface area contributed by atoms with Crippen molar-refractivity contribution in [3.8, 4) is 33.4 Å². The van der Waals surface area contributed by atoms with E-state index in [1.807, 2.05) is 0 Å². The number of benzene rings is 6. The molecule has 0 bridgehead atoms. The molecule has 0 saturated heterocycles. The molecular formula is C42H35N. The lowest BCUT2D eigenvalue weighted by molar-refractivity contribution is 0.629. The van der Waals surface area contributed by atoms with Gasteiger partial charge in [0.05, 0.1) is 17.1 Å². The van der Waals surface area contributed by atoms with Crippen LogP contribution in [-0.4, -0.2) is 0 Å². The second-order valence-corrected chi connectivity index (χ2v) is 13.0. The van der Waals surface area contributed by atoms with Crippen LogP contribution in [0.15, 0.2) is 140 Å². The summed E-state index contributed by atoms with van der Waals surface area (Å²) >= 11 is 0. The van der Waals surface area contributed by atoms with Gasteiger partial charge in [0, 0.05) is 10.8 Å². The van der Waals surface area contributed by atoms with Crippen LogP contribution in [0.2, 0.25) is 0 Å². The van der Waals surface area contributed by atoms with Gasteiger partial charge in [0.2, 0.25) is 0 Å². The number of anilines is 3. The highest BCUT2D eigenvalue weighted by atomic mass is 15.2. The third-order valence-corrected chi connectivity index (χ3v) is 9.83. The molecule has 1 aliphatic heterocycles. The Kier molecular flexibility index (Phi) is 5.59. The molecule has 1 heteroatoms. The zero-order valence-corrected chi connectivity index (χ0v) is 25.2. The third kappa shape index (κ3) is 3.78. The van der Waals surface area contributed by atoms with Crippen molar-refractivity contribution in [3.05, 3.63) is 162 Å². The van der Waals surface area contributed by atoms with Gasteiger partial charge in [0.15, 0.2) is 0 Å². The van der Waals surface area contributed by atoms with Crippen LogP contribution < -0.4 is 4.90 Å². The van der Waals surface area contributed by atoms with E-state index in [1.54, 1.807) is 0 Å². The minimum atomic E-state index is -0.201. The quantitative estimate of drug-likeness (QED) is 0.211. The Morgan fingerprint density at radius 3 is 1.47 bits per heavy atom. The SMILES string of the molecule is CC1(C)c2cc(-c3ccccc3)ccc2N(c2cccc3c2C(C)(C)c2ccccc2-3)c2ccc(-c3ccccc3)cc21. The molecule has 0 N–H and O–H groups in total. The smallest absolute Gasteiger partial charge is 0.0508 e. The van der Waals surface area contributed by atoms with E-state index in [9.17, 15) is 0 Å². The molecule has 8 rings (SSSR count). The average molecular weight is 554 g/mol. The highest BCUT2D eigenvalue weighted by Crippen LogP contribution is 2.58. The molecule has 6 aromatic rings. The lowest BCUT2D eigenvalue weighted by atomic mass is 9.71. The normalized spacial score (nSPS) is 15.3. The van der Waals surface area contributed by atoms with Crippen LogP contribution >= 0.6 is 0 Å². The Bertz CT molecular complexity index is 1920. The van der Waals surface area contributed by atoms with Gasteiger partial charge >= 0.3 is 0 Å². The first-order valence-corrected chi connectivity index (χ1v) is 15.3. The predicted octanol–water partition coefficient (Wildman–Crippen LogP) is 11.4. The molecule has 0 aromatic heterocycles. The topological polar surface area (TPSA) is 3.24 Å². The van der Waals surface area contributed by atoms with Gasteiger partial charge in [-0.05, 0) is 86.0 Å². The third-order valence-electron chi connectivity index (χ3n) is 9.83. The van der Waals surface area contributed by atoms with E-state index in [2.05, 4.69) is 172 Å². The number of fused-ring (bicyclic) bond motifs is 5. The van der Waals surface area contributed by atoms with E-state index >= 15 is 0 Å². The molecule has 0 amide bonds. The molecule has 0 fully saturated rings. The van der Waals surface area contributed by atoms with Crippen LogP contribution in [0, 0.1) is 0 Å². The molecule has 0 spiro atoms. The second-order valence-electron chi connectivity index (χ2n) is 13.0. The van der Waals surface area contributed by atoms with E-state index in [-0.39, 0.29) is 10.8 Å². The zero-order valence-electron chi connectivity index (χ0n) is 25.2. The van der Waals surface area contributed by atoms with Crippen molar-refractivity contribution < 1.29 is 0 Å². The molecule has 1 heterocycles. The van der Waals surface area contributed by atoms with Crippen molar-refractivity contribution >= 4 is 17.1 Å². The first-order valence-electron chi connectivity index (χ1n) is 15.3. The van der Waals surface area contributed by atoms with Crippen molar-refractivity contribution in [2.45, 2.75) is 38.5 Å². The fourth-order valence-electron chi connectivity index (χ4n) is 7.62. The first-order chi connectivity index (χ1) is 20.9. The Morgan fingerprint density at radius 2 is 0.884 bits per heavy atom. The van der Waals surface area contributed by atoms with Crippen molar-refractivity contribution in [3.63, 3.8) is 0 Å². The Morgan fingerprint density at radius 1 is 0.372 bits per heavy atom. The molecule has 0 saturated carbocycles. The monoisotopic (exact) mass is 553 g/mol. The lowest BCUT2D eigenvalue weighted by Gasteiger charge is -2.44. The van der Waals surface area contributed by atoms with Crippen LogP contribution in [0.4, 0.5) is 17.1 Å². The van der Waals surface area contributed by atoms with E-state index < -0.39 is 0 Å². The van der Waals surface area contributed by atoms with Gasteiger partial charge in [-0.2, -0.15) is 0 Å². The molecule has 0 radical (unpaired) electrons. The number of rotatable bonds is 3. The lowest BCUT2D eigenvalue weighted by Crippen LogP contribution is -2.32. The predicted molar refractivity (Wildman–Crippen MR) is 182 cm³/mol. The highest BCUT2D eigenvalue weighted by Gasteiger charge is 2.42. The summed E-state index contributed by atoms with van der Waals surface area (Å²) in [7, 11) is 0. The summed E-state index contributed by atoms with van der Waals surface area (Å²) in [5.74, 6) is 0. The van der Waals surface area contributed by atoms with Gasteiger partial charge in [-0.3, -0.25) is 0 Å². The summed E-state index contributed by atoms with van der Waals surface area (Å²) in [6.45, 7) is 9.54. The maximum atomic E-state index is 2.55. The minimum absolute atomic E-state index is 0.121. The van der Waals surface area contributed by atoms with Gasteiger partial charge in [-0.25, -0.2) is 0 Å². The second kappa shape index (κ2) is 9.31. The summed E-state index contributed by atoms with van der Waals surface area (Å²) in [5.41, 5.74) is 16.6. The maximum absolute atomic E-state index is 2.55.